The van der Waals surface area contributed by atoms with Gasteiger partial charge in [0.25, 0.3) is 0 Å². The molecule has 84 valence electrons. The molecule has 0 atom stereocenters. The minimum atomic E-state index is 0.885. The molecule has 4 heteroatoms. The van der Waals surface area contributed by atoms with E-state index in [0.29, 0.717) is 0 Å². The van der Waals surface area contributed by atoms with E-state index in [9.17, 15) is 0 Å². The smallest absolute Gasteiger partial charge is 0.0926 e. The van der Waals surface area contributed by atoms with Crippen molar-refractivity contribution in [2.24, 2.45) is 0 Å². The van der Waals surface area contributed by atoms with Gasteiger partial charge in [0.1, 0.15) is 0 Å². The third-order valence-electron chi connectivity index (χ3n) is 2.74. The zero-order chi connectivity index (χ0) is 10.5. The molecule has 3 nitrogen and oxygen atoms in total. The van der Waals surface area contributed by atoms with E-state index in [-0.39, 0.29) is 0 Å². The highest BCUT2D eigenvalue weighted by atomic mass is 32.1. The Labute approximate surface area is 95.5 Å². The monoisotopic (exact) mass is 225 g/mol. The van der Waals surface area contributed by atoms with Gasteiger partial charge in [0.2, 0.25) is 0 Å². The first kappa shape index (κ1) is 11.0. The first-order valence-electron chi connectivity index (χ1n) is 5.80. The summed E-state index contributed by atoms with van der Waals surface area (Å²) in [7, 11) is 0. The number of hydrazine groups is 1. The second-order valence-electron chi connectivity index (χ2n) is 3.97. The Balaban J connectivity index is 1.76. The van der Waals surface area contributed by atoms with Crippen LogP contribution in [0.3, 0.4) is 0 Å². The summed E-state index contributed by atoms with van der Waals surface area (Å²) in [5, 5.41) is 5.73. The van der Waals surface area contributed by atoms with Crippen LogP contribution in [0.2, 0.25) is 0 Å². The third-order valence-corrected chi connectivity index (χ3v) is 3.78. The summed E-state index contributed by atoms with van der Waals surface area (Å²) in [5.41, 5.74) is 4.64. The van der Waals surface area contributed by atoms with Gasteiger partial charge in [-0.05, 0) is 19.3 Å². The van der Waals surface area contributed by atoms with Crippen LogP contribution >= 0.6 is 11.3 Å². The van der Waals surface area contributed by atoms with Gasteiger partial charge >= 0.3 is 0 Å². The molecule has 2 heterocycles. The fourth-order valence-corrected chi connectivity index (χ4v) is 2.58. The molecule has 1 aliphatic rings. The molecule has 0 amide bonds. The van der Waals surface area contributed by atoms with Gasteiger partial charge in [0, 0.05) is 18.5 Å². The van der Waals surface area contributed by atoms with Gasteiger partial charge in [-0.3, -0.25) is 0 Å². The lowest BCUT2D eigenvalue weighted by Crippen LogP contribution is -2.41. The van der Waals surface area contributed by atoms with E-state index in [1.54, 1.807) is 11.3 Å². The summed E-state index contributed by atoms with van der Waals surface area (Å²) < 4.78 is 0. The van der Waals surface area contributed by atoms with Crippen molar-refractivity contribution in [3.63, 3.8) is 0 Å². The molecule has 1 fully saturated rings. The predicted molar refractivity (Wildman–Crippen MR) is 63.8 cm³/mol. The second kappa shape index (κ2) is 5.58. The highest BCUT2D eigenvalue weighted by molar-refractivity contribution is 7.09. The number of aryl methyl sites for hydroxylation is 1. The molecule has 1 saturated heterocycles. The number of nitrogens with zero attached hydrogens (tertiary/aromatic N) is 2. The van der Waals surface area contributed by atoms with Gasteiger partial charge in [0.15, 0.2) is 0 Å². The molecule has 2 rings (SSSR count). The van der Waals surface area contributed by atoms with Crippen molar-refractivity contribution < 1.29 is 0 Å². The first-order chi connectivity index (χ1) is 7.38. The van der Waals surface area contributed by atoms with Crippen molar-refractivity contribution in [3.05, 3.63) is 16.1 Å². The van der Waals surface area contributed by atoms with Crippen molar-refractivity contribution in [2.45, 2.75) is 39.2 Å². The van der Waals surface area contributed by atoms with Crippen molar-refractivity contribution >= 4 is 11.3 Å². The van der Waals surface area contributed by atoms with Crippen LogP contribution in [-0.4, -0.2) is 23.1 Å². The highest BCUT2D eigenvalue weighted by Crippen LogP contribution is 2.11. The Morgan fingerprint density at radius 3 is 2.87 bits per heavy atom. The number of aromatic nitrogens is 1. The molecule has 0 unspecified atom stereocenters. The van der Waals surface area contributed by atoms with E-state index >= 15 is 0 Å². The summed E-state index contributed by atoms with van der Waals surface area (Å²) in [6.45, 7) is 5.41. The molecule has 0 saturated carbocycles. The van der Waals surface area contributed by atoms with Gasteiger partial charge in [0.05, 0.1) is 17.2 Å². The molecule has 0 bridgehead atoms. The van der Waals surface area contributed by atoms with Crippen LogP contribution in [0.15, 0.2) is 5.38 Å². The largest absolute Gasteiger partial charge is 0.249 e. The molecule has 0 spiro atoms. The lowest BCUT2D eigenvalue weighted by Gasteiger charge is -2.26. The van der Waals surface area contributed by atoms with E-state index in [0.717, 1.165) is 13.0 Å². The maximum atomic E-state index is 4.54. The van der Waals surface area contributed by atoms with Gasteiger partial charge in [-0.2, -0.15) is 0 Å². The topological polar surface area (TPSA) is 28.2 Å². The number of piperidine rings is 1. The minimum absolute atomic E-state index is 0.885. The van der Waals surface area contributed by atoms with Crippen LogP contribution in [0.1, 0.15) is 36.9 Å². The predicted octanol–water partition coefficient (Wildman–Crippen LogP) is 2.20. The summed E-state index contributed by atoms with van der Waals surface area (Å²) in [6.07, 6.45) is 5.08. The van der Waals surface area contributed by atoms with Crippen molar-refractivity contribution in [2.75, 3.05) is 13.1 Å². The van der Waals surface area contributed by atoms with Crippen LogP contribution in [0.25, 0.3) is 0 Å². The standard InChI is InChI=1S/C11H19N3S/c1-2-11-13-10(9-15-11)8-12-14-6-4-3-5-7-14/h9,12H,2-8H2,1H3. The maximum absolute atomic E-state index is 4.54. The Kier molecular flexibility index (Phi) is 4.11. The average Bonchev–Trinajstić information content (AvgIpc) is 2.76. The highest BCUT2D eigenvalue weighted by Gasteiger charge is 2.09. The summed E-state index contributed by atoms with van der Waals surface area (Å²) in [4.78, 5) is 4.54. The van der Waals surface area contributed by atoms with E-state index in [1.807, 2.05) is 0 Å². The van der Waals surface area contributed by atoms with Crippen LogP contribution < -0.4 is 5.43 Å². The average molecular weight is 225 g/mol. The Morgan fingerprint density at radius 1 is 1.40 bits per heavy atom. The quantitative estimate of drug-likeness (QED) is 0.851. The van der Waals surface area contributed by atoms with Gasteiger partial charge in [-0.25, -0.2) is 15.4 Å². The fraction of sp³-hybridized carbons (Fsp3) is 0.727. The first-order valence-corrected chi connectivity index (χ1v) is 6.68. The lowest BCUT2D eigenvalue weighted by molar-refractivity contribution is 0.150. The molecule has 0 radical (unpaired) electrons. The zero-order valence-corrected chi connectivity index (χ0v) is 10.1. The molecular formula is C11H19N3S. The molecule has 0 aromatic carbocycles. The normalized spacial score (nSPS) is 18.2. The summed E-state index contributed by atoms with van der Waals surface area (Å²) in [6, 6.07) is 0. The molecule has 1 aliphatic heterocycles. The Bertz CT molecular complexity index is 292. The summed E-state index contributed by atoms with van der Waals surface area (Å²) in [5.74, 6) is 0. The molecule has 1 N–H and O–H groups in total. The number of thiazole rings is 1. The second-order valence-corrected chi connectivity index (χ2v) is 4.91. The number of rotatable bonds is 4. The fourth-order valence-electron chi connectivity index (χ4n) is 1.84. The zero-order valence-electron chi connectivity index (χ0n) is 9.33. The van der Waals surface area contributed by atoms with Crippen LogP contribution in [0, 0.1) is 0 Å². The number of hydrogen-bond acceptors (Lipinski definition) is 4. The van der Waals surface area contributed by atoms with Crippen LogP contribution in [0.4, 0.5) is 0 Å². The Morgan fingerprint density at radius 2 is 2.20 bits per heavy atom. The summed E-state index contributed by atoms with van der Waals surface area (Å²) >= 11 is 1.77. The molecule has 1 aromatic heterocycles. The van der Waals surface area contributed by atoms with E-state index in [1.165, 1.54) is 43.1 Å². The van der Waals surface area contributed by atoms with E-state index in [2.05, 4.69) is 27.7 Å². The molecular weight excluding hydrogens is 206 g/mol. The SMILES string of the molecule is CCc1nc(CNN2CCCCC2)cs1. The van der Waals surface area contributed by atoms with Gasteiger partial charge < -0.3 is 0 Å². The van der Waals surface area contributed by atoms with Crippen LogP contribution in [0.5, 0.6) is 0 Å². The number of nitrogens with one attached hydrogen (secondary N) is 1. The third kappa shape index (κ3) is 3.26. The van der Waals surface area contributed by atoms with Gasteiger partial charge in [-0.1, -0.05) is 13.3 Å². The Hall–Kier alpha value is -0.450. The molecule has 15 heavy (non-hydrogen) atoms. The van der Waals surface area contributed by atoms with Gasteiger partial charge in [-0.15, -0.1) is 11.3 Å². The molecule has 1 aromatic rings. The maximum Gasteiger partial charge on any atom is 0.0926 e. The number of hydrogen-bond donors (Lipinski definition) is 1. The van der Waals surface area contributed by atoms with E-state index in [4.69, 9.17) is 0 Å². The molecule has 0 aliphatic carbocycles. The van der Waals surface area contributed by atoms with Crippen molar-refractivity contribution in [1.29, 1.82) is 0 Å². The minimum Gasteiger partial charge on any atom is -0.249 e. The lowest BCUT2D eigenvalue weighted by atomic mass is 10.2. The van der Waals surface area contributed by atoms with Crippen LogP contribution in [-0.2, 0) is 13.0 Å². The van der Waals surface area contributed by atoms with Crippen molar-refractivity contribution in [3.8, 4) is 0 Å². The van der Waals surface area contributed by atoms with Crippen molar-refractivity contribution in [1.82, 2.24) is 15.4 Å². The van der Waals surface area contributed by atoms with E-state index < -0.39 is 0 Å².